The first-order valence-electron chi connectivity index (χ1n) is 2.42. The van der Waals surface area contributed by atoms with Crippen molar-refractivity contribution < 1.29 is 0 Å². The van der Waals surface area contributed by atoms with Gasteiger partial charge in [-0.2, -0.15) is 0 Å². The number of amidine groups is 1. The van der Waals surface area contributed by atoms with Crippen LogP contribution < -0.4 is 10.9 Å². The van der Waals surface area contributed by atoms with Gasteiger partial charge in [-0.05, 0) is 0 Å². The molecule has 0 spiro atoms. The number of hydrogen-bond acceptors (Lipinski definition) is 2. The maximum Gasteiger partial charge on any atom is 0.118 e. The van der Waals surface area contributed by atoms with E-state index < -0.39 is 0 Å². The Morgan fingerprint density at radius 1 is 1.75 bits per heavy atom. The largest absolute Gasteiger partial charge is 0.309 e. The summed E-state index contributed by atoms with van der Waals surface area (Å²) in [5.74, 6) is 0.931. The van der Waals surface area contributed by atoms with Gasteiger partial charge in [0.2, 0.25) is 0 Å². The number of thiocarbonyl (C=S) groups is 1. The minimum Gasteiger partial charge on any atom is -0.309 e. The maximum absolute atomic E-state index is 4.51. The Labute approximate surface area is 53.2 Å². The molecular weight excluding hydrogens is 122 g/mol. The molecule has 0 aromatic carbocycles. The van der Waals surface area contributed by atoms with E-state index in [1.54, 1.807) is 0 Å². The van der Waals surface area contributed by atoms with Gasteiger partial charge in [-0.25, -0.2) is 10.4 Å². The predicted octanol–water partition coefficient (Wildman–Crippen LogP) is -0.160. The van der Waals surface area contributed by atoms with Crippen molar-refractivity contribution >= 4 is 23.5 Å². The first-order valence-corrected chi connectivity index (χ1v) is 2.90. The first-order chi connectivity index (χ1) is 3.93. The van der Waals surface area contributed by atoms with Gasteiger partial charge in [0.05, 0.1) is 5.49 Å². The second-order valence-electron chi connectivity index (χ2n) is 1.48. The van der Waals surface area contributed by atoms with Gasteiger partial charge in [0.25, 0.3) is 0 Å². The van der Waals surface area contributed by atoms with Crippen LogP contribution in [0.2, 0.25) is 0 Å². The Morgan fingerprint density at radius 2 is 2.62 bits per heavy atom. The summed E-state index contributed by atoms with van der Waals surface area (Å²) in [6.45, 7) is 0.946. The average Bonchev–Trinajstić information content (AvgIpc) is 2.19. The van der Waals surface area contributed by atoms with Crippen LogP contribution in [0.15, 0.2) is 4.99 Å². The fraction of sp³-hybridized carbons (Fsp3) is 0.500. The molecule has 0 aromatic heterocycles. The van der Waals surface area contributed by atoms with Crippen molar-refractivity contribution in [2.24, 2.45) is 4.99 Å². The number of aliphatic imine (C=N–C) groups is 1. The molecule has 0 atom stereocenters. The predicted molar refractivity (Wildman–Crippen MR) is 36.8 cm³/mol. The standard InChI is InChI=1S/C4H7N3S/c8-3-5-4-1-2-6-7-4/h3,6H,1-2H2,(H,5,7,8). The summed E-state index contributed by atoms with van der Waals surface area (Å²) in [7, 11) is 0. The quantitative estimate of drug-likeness (QED) is 0.483. The van der Waals surface area contributed by atoms with Crippen LogP contribution in [0, 0.1) is 0 Å². The van der Waals surface area contributed by atoms with Crippen LogP contribution in [0.4, 0.5) is 0 Å². The monoisotopic (exact) mass is 129 g/mol. The van der Waals surface area contributed by atoms with E-state index in [-0.39, 0.29) is 0 Å². The molecule has 2 N–H and O–H groups in total. The SMILES string of the molecule is S=CN=C1CCNN1. The van der Waals surface area contributed by atoms with Crippen molar-refractivity contribution in [1.82, 2.24) is 10.9 Å². The maximum atomic E-state index is 4.51. The Morgan fingerprint density at radius 3 is 3.12 bits per heavy atom. The van der Waals surface area contributed by atoms with E-state index in [9.17, 15) is 0 Å². The Hall–Kier alpha value is -0.480. The number of nitrogens with zero attached hydrogens (tertiary/aromatic N) is 1. The van der Waals surface area contributed by atoms with Crippen LogP contribution in [0.3, 0.4) is 0 Å². The molecule has 1 aliphatic heterocycles. The number of hydrazine groups is 1. The van der Waals surface area contributed by atoms with E-state index in [1.165, 1.54) is 5.49 Å². The van der Waals surface area contributed by atoms with E-state index in [4.69, 9.17) is 0 Å². The number of nitrogens with one attached hydrogen (secondary N) is 2. The van der Waals surface area contributed by atoms with E-state index in [2.05, 4.69) is 28.1 Å². The van der Waals surface area contributed by atoms with E-state index in [0.29, 0.717) is 0 Å². The van der Waals surface area contributed by atoms with Gasteiger partial charge in [-0.3, -0.25) is 0 Å². The molecule has 1 aliphatic rings. The van der Waals surface area contributed by atoms with Crippen LogP contribution in [0.1, 0.15) is 6.42 Å². The first kappa shape index (κ1) is 5.65. The van der Waals surface area contributed by atoms with Crippen molar-refractivity contribution in [2.45, 2.75) is 6.42 Å². The highest BCUT2D eigenvalue weighted by Gasteiger charge is 2.02. The summed E-state index contributed by atoms with van der Waals surface area (Å²) < 4.78 is 0. The molecule has 44 valence electrons. The van der Waals surface area contributed by atoms with Crippen molar-refractivity contribution in [3.63, 3.8) is 0 Å². The summed E-state index contributed by atoms with van der Waals surface area (Å²) in [6, 6.07) is 0. The fourth-order valence-electron chi connectivity index (χ4n) is 0.568. The highest BCUT2D eigenvalue weighted by Crippen LogP contribution is 1.84. The van der Waals surface area contributed by atoms with Gasteiger partial charge in [-0.1, -0.05) is 12.2 Å². The summed E-state index contributed by atoms with van der Waals surface area (Å²) in [4.78, 5) is 3.86. The average molecular weight is 129 g/mol. The lowest BCUT2D eigenvalue weighted by Gasteiger charge is -1.90. The fourth-order valence-corrected chi connectivity index (χ4v) is 0.696. The third kappa shape index (κ3) is 1.24. The molecule has 0 radical (unpaired) electrons. The lowest BCUT2D eigenvalue weighted by atomic mass is 10.4. The zero-order chi connectivity index (χ0) is 5.82. The van der Waals surface area contributed by atoms with E-state index in [0.717, 1.165) is 18.8 Å². The zero-order valence-electron chi connectivity index (χ0n) is 4.35. The van der Waals surface area contributed by atoms with Crippen LogP contribution in [-0.2, 0) is 0 Å². The minimum atomic E-state index is 0.931. The highest BCUT2D eigenvalue weighted by molar-refractivity contribution is 7.78. The van der Waals surface area contributed by atoms with Gasteiger partial charge in [0.15, 0.2) is 0 Å². The molecular formula is C4H7N3S. The highest BCUT2D eigenvalue weighted by atomic mass is 32.1. The van der Waals surface area contributed by atoms with E-state index in [1.807, 2.05) is 0 Å². The van der Waals surface area contributed by atoms with E-state index >= 15 is 0 Å². The van der Waals surface area contributed by atoms with Crippen LogP contribution in [-0.4, -0.2) is 17.9 Å². The van der Waals surface area contributed by atoms with Crippen LogP contribution >= 0.6 is 12.2 Å². The summed E-state index contributed by atoms with van der Waals surface area (Å²) in [5.41, 5.74) is 7.14. The molecule has 0 aromatic rings. The van der Waals surface area contributed by atoms with Crippen LogP contribution in [0.5, 0.6) is 0 Å². The minimum absolute atomic E-state index is 0.931. The molecule has 0 aliphatic carbocycles. The zero-order valence-corrected chi connectivity index (χ0v) is 5.16. The van der Waals surface area contributed by atoms with Gasteiger partial charge >= 0.3 is 0 Å². The Kier molecular flexibility index (Phi) is 1.93. The molecule has 0 bridgehead atoms. The summed E-state index contributed by atoms with van der Waals surface area (Å²) >= 11 is 4.51. The van der Waals surface area contributed by atoms with Gasteiger partial charge in [0, 0.05) is 13.0 Å². The van der Waals surface area contributed by atoms with Crippen molar-refractivity contribution in [3.8, 4) is 0 Å². The van der Waals surface area contributed by atoms with Crippen LogP contribution in [0.25, 0.3) is 0 Å². The molecule has 1 rings (SSSR count). The lowest BCUT2D eigenvalue weighted by molar-refractivity contribution is 0.743. The van der Waals surface area contributed by atoms with Gasteiger partial charge in [0.1, 0.15) is 5.84 Å². The second-order valence-corrected chi connectivity index (χ2v) is 1.69. The Bertz CT molecular complexity index is 112. The molecule has 0 saturated carbocycles. The van der Waals surface area contributed by atoms with Gasteiger partial charge in [-0.15, -0.1) is 0 Å². The van der Waals surface area contributed by atoms with Crippen molar-refractivity contribution in [3.05, 3.63) is 0 Å². The third-order valence-corrected chi connectivity index (χ3v) is 1.03. The topological polar surface area (TPSA) is 36.4 Å². The molecule has 1 heterocycles. The molecule has 1 saturated heterocycles. The molecule has 4 heteroatoms. The lowest BCUT2D eigenvalue weighted by Crippen LogP contribution is -2.25. The Balaban J connectivity index is 2.44. The second kappa shape index (κ2) is 2.74. The molecule has 0 amide bonds. The molecule has 3 nitrogen and oxygen atoms in total. The third-order valence-electron chi connectivity index (χ3n) is 0.928. The number of hydrogen-bond donors (Lipinski definition) is 2. The molecule has 0 unspecified atom stereocenters. The smallest absolute Gasteiger partial charge is 0.118 e. The van der Waals surface area contributed by atoms with Crippen molar-refractivity contribution in [1.29, 1.82) is 0 Å². The molecule has 8 heavy (non-hydrogen) atoms. The molecule has 1 fully saturated rings. The summed E-state index contributed by atoms with van der Waals surface area (Å²) in [6.07, 6.45) is 0.952. The van der Waals surface area contributed by atoms with Gasteiger partial charge < -0.3 is 5.43 Å². The number of rotatable bonds is 1. The summed E-state index contributed by atoms with van der Waals surface area (Å²) in [5, 5.41) is 0. The van der Waals surface area contributed by atoms with Crippen molar-refractivity contribution in [2.75, 3.05) is 6.54 Å². The normalized spacial score (nSPS) is 23.2.